The normalized spacial score (nSPS) is 10.5. The van der Waals surface area contributed by atoms with E-state index >= 15 is 0 Å². The van der Waals surface area contributed by atoms with Crippen molar-refractivity contribution in [1.29, 1.82) is 0 Å². The highest BCUT2D eigenvalue weighted by Gasteiger charge is 2.17. The van der Waals surface area contributed by atoms with Crippen molar-refractivity contribution in [3.05, 3.63) is 77.3 Å². The highest BCUT2D eigenvalue weighted by atomic mass is 16.5. The van der Waals surface area contributed by atoms with Crippen molar-refractivity contribution >= 4 is 11.8 Å². The topological polar surface area (TPSA) is 71.3 Å². The number of aromatic nitrogens is 2. The number of hydrogen-bond donors (Lipinski definition) is 1. The third kappa shape index (κ3) is 4.44. The molecule has 3 aromatic rings. The van der Waals surface area contributed by atoms with Crippen LogP contribution in [0.4, 0.5) is 10.6 Å². The lowest BCUT2D eigenvalue weighted by atomic mass is 10.1. The monoisotopic (exact) mass is 336 g/mol. The average molecular weight is 336 g/mol. The van der Waals surface area contributed by atoms with Gasteiger partial charge < -0.3 is 9.42 Å². The maximum atomic E-state index is 12.8. The van der Waals surface area contributed by atoms with Gasteiger partial charge in [0, 0.05) is 31.5 Å². The predicted molar refractivity (Wildman–Crippen MR) is 94.9 cm³/mol. The number of pyridine rings is 1. The second-order valence-corrected chi connectivity index (χ2v) is 5.90. The van der Waals surface area contributed by atoms with Crippen molar-refractivity contribution in [3.63, 3.8) is 0 Å². The molecule has 0 bridgehead atoms. The lowest BCUT2D eigenvalue weighted by Gasteiger charge is -2.23. The zero-order chi connectivity index (χ0) is 17.6. The molecular formula is C19H20N4O2. The summed E-state index contributed by atoms with van der Waals surface area (Å²) < 4.78 is 5.01. The molecule has 3 rings (SSSR count). The number of urea groups is 1. The van der Waals surface area contributed by atoms with Crippen LogP contribution in [0.2, 0.25) is 0 Å². The molecule has 2 amide bonds. The van der Waals surface area contributed by atoms with Crippen LogP contribution in [0.25, 0.3) is 0 Å². The van der Waals surface area contributed by atoms with Crippen LogP contribution in [-0.2, 0) is 13.1 Å². The smallest absolute Gasteiger partial charge is 0.323 e. The second-order valence-electron chi connectivity index (χ2n) is 5.90. The van der Waals surface area contributed by atoms with Gasteiger partial charge in [0.2, 0.25) is 0 Å². The lowest BCUT2D eigenvalue weighted by molar-refractivity contribution is 0.206. The van der Waals surface area contributed by atoms with Gasteiger partial charge in [-0.3, -0.25) is 10.3 Å². The Bertz CT molecular complexity index is 845. The van der Waals surface area contributed by atoms with Gasteiger partial charge in [-0.1, -0.05) is 35.5 Å². The van der Waals surface area contributed by atoms with Crippen LogP contribution >= 0.6 is 0 Å². The van der Waals surface area contributed by atoms with Gasteiger partial charge in [0.15, 0.2) is 5.82 Å². The van der Waals surface area contributed by atoms with Crippen molar-refractivity contribution in [2.24, 2.45) is 0 Å². The number of nitrogens with one attached hydrogen (secondary N) is 1. The van der Waals surface area contributed by atoms with Gasteiger partial charge in [-0.15, -0.1) is 0 Å². The SMILES string of the molecule is Cc1cc(NC(=O)N(Cc2cccnc2)Cc2ccccc2C)no1. The molecule has 0 radical (unpaired) electrons. The van der Waals surface area contributed by atoms with E-state index in [4.69, 9.17) is 4.52 Å². The molecule has 0 spiro atoms. The Hall–Kier alpha value is -3.15. The van der Waals surface area contributed by atoms with Crippen LogP contribution in [0.1, 0.15) is 22.5 Å². The van der Waals surface area contributed by atoms with Gasteiger partial charge in [-0.2, -0.15) is 0 Å². The van der Waals surface area contributed by atoms with Gasteiger partial charge in [-0.25, -0.2) is 4.79 Å². The molecule has 6 nitrogen and oxygen atoms in total. The Morgan fingerprint density at radius 2 is 2.00 bits per heavy atom. The molecule has 0 saturated heterocycles. The molecular weight excluding hydrogens is 316 g/mol. The van der Waals surface area contributed by atoms with E-state index in [1.807, 2.05) is 43.3 Å². The highest BCUT2D eigenvalue weighted by Crippen LogP contribution is 2.15. The van der Waals surface area contributed by atoms with Gasteiger partial charge in [-0.05, 0) is 36.6 Å². The molecule has 128 valence electrons. The van der Waals surface area contributed by atoms with Gasteiger partial charge >= 0.3 is 6.03 Å². The van der Waals surface area contributed by atoms with Gasteiger partial charge in [0.25, 0.3) is 0 Å². The van der Waals surface area contributed by atoms with E-state index < -0.39 is 0 Å². The first-order chi connectivity index (χ1) is 12.1. The number of nitrogens with zero attached hydrogens (tertiary/aromatic N) is 3. The number of carbonyl (C=O) groups excluding carboxylic acids is 1. The summed E-state index contributed by atoms with van der Waals surface area (Å²) in [6.07, 6.45) is 3.48. The van der Waals surface area contributed by atoms with E-state index in [-0.39, 0.29) is 6.03 Å². The van der Waals surface area contributed by atoms with Crippen molar-refractivity contribution in [3.8, 4) is 0 Å². The van der Waals surface area contributed by atoms with Crippen LogP contribution in [-0.4, -0.2) is 21.1 Å². The number of hydrogen-bond acceptors (Lipinski definition) is 4. The number of amides is 2. The number of rotatable bonds is 5. The molecule has 2 heterocycles. The Morgan fingerprint density at radius 1 is 1.16 bits per heavy atom. The molecule has 0 atom stereocenters. The van der Waals surface area contributed by atoms with E-state index in [2.05, 4.69) is 15.5 Å². The maximum absolute atomic E-state index is 12.8. The maximum Gasteiger partial charge on any atom is 0.323 e. The summed E-state index contributed by atoms with van der Waals surface area (Å²) in [6, 6.07) is 13.3. The fourth-order valence-electron chi connectivity index (χ4n) is 2.52. The van der Waals surface area contributed by atoms with E-state index in [1.54, 1.807) is 30.3 Å². The summed E-state index contributed by atoms with van der Waals surface area (Å²) in [5.74, 6) is 1.05. The first-order valence-corrected chi connectivity index (χ1v) is 8.04. The fraction of sp³-hybridized carbons (Fsp3) is 0.211. The van der Waals surface area contributed by atoms with Crippen LogP contribution in [0.3, 0.4) is 0 Å². The molecule has 1 aromatic carbocycles. The Labute approximate surface area is 146 Å². The zero-order valence-electron chi connectivity index (χ0n) is 14.3. The van der Waals surface area contributed by atoms with E-state index in [1.165, 1.54) is 0 Å². The van der Waals surface area contributed by atoms with Crippen LogP contribution in [0, 0.1) is 13.8 Å². The molecule has 25 heavy (non-hydrogen) atoms. The minimum atomic E-state index is -0.236. The van der Waals surface area contributed by atoms with Crippen molar-refractivity contribution in [2.45, 2.75) is 26.9 Å². The first kappa shape index (κ1) is 16.7. The minimum Gasteiger partial charge on any atom is -0.360 e. The molecule has 1 N–H and O–H groups in total. The summed E-state index contributed by atoms with van der Waals surface area (Å²) in [4.78, 5) is 18.6. The third-order valence-corrected chi connectivity index (χ3v) is 3.87. The molecule has 0 unspecified atom stereocenters. The Balaban J connectivity index is 1.80. The van der Waals surface area contributed by atoms with Gasteiger partial charge in [0.1, 0.15) is 5.76 Å². The highest BCUT2D eigenvalue weighted by molar-refractivity contribution is 5.88. The van der Waals surface area contributed by atoms with Gasteiger partial charge in [0.05, 0.1) is 0 Å². The quantitative estimate of drug-likeness (QED) is 0.766. The molecule has 0 aliphatic heterocycles. The van der Waals surface area contributed by atoms with Crippen LogP contribution in [0.5, 0.6) is 0 Å². The second kappa shape index (κ2) is 7.61. The molecule has 6 heteroatoms. The number of aryl methyl sites for hydroxylation is 2. The molecule has 0 aliphatic rings. The Kier molecular flexibility index (Phi) is 5.09. The predicted octanol–water partition coefficient (Wildman–Crippen LogP) is 3.92. The first-order valence-electron chi connectivity index (χ1n) is 8.04. The largest absolute Gasteiger partial charge is 0.360 e. The summed E-state index contributed by atoms with van der Waals surface area (Å²) >= 11 is 0. The average Bonchev–Trinajstić information content (AvgIpc) is 3.02. The number of benzene rings is 1. The van der Waals surface area contributed by atoms with E-state index in [9.17, 15) is 4.79 Å². The summed E-state index contributed by atoms with van der Waals surface area (Å²) in [7, 11) is 0. The third-order valence-electron chi connectivity index (χ3n) is 3.87. The van der Waals surface area contributed by atoms with Crippen molar-refractivity contribution in [2.75, 3.05) is 5.32 Å². The summed E-state index contributed by atoms with van der Waals surface area (Å²) in [5, 5.41) is 6.61. The van der Waals surface area contributed by atoms with Crippen LogP contribution in [0.15, 0.2) is 59.4 Å². The molecule has 2 aromatic heterocycles. The standard InChI is InChI=1S/C19H20N4O2/c1-14-6-3-4-8-17(14)13-23(12-16-7-5-9-20-11-16)19(24)21-18-10-15(2)25-22-18/h3-11H,12-13H2,1-2H3,(H,21,22,24). The molecule has 0 saturated carbocycles. The molecule has 0 fully saturated rings. The fourth-order valence-corrected chi connectivity index (χ4v) is 2.52. The van der Waals surface area contributed by atoms with Crippen LogP contribution < -0.4 is 5.32 Å². The van der Waals surface area contributed by atoms with Crippen molar-refractivity contribution in [1.82, 2.24) is 15.0 Å². The van der Waals surface area contributed by atoms with E-state index in [0.29, 0.717) is 24.7 Å². The zero-order valence-corrected chi connectivity index (χ0v) is 14.3. The lowest BCUT2D eigenvalue weighted by Crippen LogP contribution is -2.34. The van der Waals surface area contributed by atoms with E-state index in [0.717, 1.165) is 16.7 Å². The summed E-state index contributed by atoms with van der Waals surface area (Å²) in [6.45, 7) is 4.76. The minimum absolute atomic E-state index is 0.236. The van der Waals surface area contributed by atoms with Crippen molar-refractivity contribution < 1.29 is 9.32 Å². The summed E-state index contributed by atoms with van der Waals surface area (Å²) in [5.41, 5.74) is 3.20. The number of anilines is 1. The Morgan fingerprint density at radius 3 is 2.68 bits per heavy atom. The number of carbonyl (C=O) groups is 1. The molecule has 0 aliphatic carbocycles.